The van der Waals surface area contributed by atoms with Crippen molar-refractivity contribution in [3.05, 3.63) is 0 Å². The zero-order valence-corrected chi connectivity index (χ0v) is 8.76. The van der Waals surface area contributed by atoms with Crippen molar-refractivity contribution in [3.63, 3.8) is 0 Å². The van der Waals surface area contributed by atoms with E-state index in [0.29, 0.717) is 12.0 Å². The molecule has 0 amide bonds. The molecule has 0 radical (unpaired) electrons. The highest BCUT2D eigenvalue weighted by Gasteiger charge is 2.28. The Kier molecular flexibility index (Phi) is 3.70. The van der Waals surface area contributed by atoms with Crippen molar-refractivity contribution >= 4 is 9.28 Å². The summed E-state index contributed by atoms with van der Waals surface area (Å²) < 4.78 is 0. The number of nitrogens with two attached hydrogens (primary N) is 1. The average Bonchev–Trinajstić information content (AvgIpc) is 2.04. The minimum absolute atomic E-state index is 0.137. The van der Waals surface area contributed by atoms with Crippen LogP contribution >= 0.6 is 0 Å². The van der Waals surface area contributed by atoms with Crippen LogP contribution in [0.2, 0.25) is 5.54 Å². The number of hydrogen-bond donors (Lipinski definition) is 3. The Hall–Kier alpha value is 0.0969. The van der Waals surface area contributed by atoms with E-state index in [4.69, 9.17) is 15.3 Å². The Morgan fingerprint density at radius 3 is 2.17 bits per heavy atom. The molecule has 0 aliphatic heterocycles. The second-order valence-electron chi connectivity index (χ2n) is 3.95. The number of rotatable bonds is 2. The third kappa shape index (κ3) is 2.55. The Morgan fingerprint density at radius 2 is 1.75 bits per heavy atom. The molecule has 0 aromatic heterocycles. The van der Waals surface area contributed by atoms with Crippen LogP contribution in [-0.4, -0.2) is 24.9 Å². The van der Waals surface area contributed by atoms with Crippen molar-refractivity contribution in [2.45, 2.75) is 44.2 Å². The predicted octanol–water partition coefficient (Wildman–Crippen LogP) is 0.0991. The van der Waals surface area contributed by atoms with Crippen LogP contribution < -0.4 is 5.73 Å². The second-order valence-corrected chi connectivity index (χ2v) is 5.83. The van der Waals surface area contributed by atoms with Gasteiger partial charge in [0.1, 0.15) is 0 Å². The molecular weight excluding hydrogens is 170 g/mol. The molecule has 1 aliphatic carbocycles. The molecule has 0 aromatic carbocycles. The fraction of sp³-hybridized carbons (Fsp3) is 1.00. The van der Waals surface area contributed by atoms with Gasteiger partial charge in [0.05, 0.1) is 0 Å². The molecule has 1 unspecified atom stereocenters. The lowest BCUT2D eigenvalue weighted by molar-refractivity contribution is 0.281. The summed E-state index contributed by atoms with van der Waals surface area (Å²) in [5.74, 6) is 0.511. The molecule has 0 bridgehead atoms. The van der Waals surface area contributed by atoms with Gasteiger partial charge in [-0.3, -0.25) is 0 Å². The van der Waals surface area contributed by atoms with Crippen LogP contribution in [0.4, 0.5) is 0 Å². The fourth-order valence-corrected chi connectivity index (χ4v) is 2.79. The normalized spacial score (nSPS) is 33.8. The van der Waals surface area contributed by atoms with E-state index in [2.05, 4.69) is 0 Å². The molecule has 4 heteroatoms. The smallest absolute Gasteiger partial charge is 0.319 e. The van der Waals surface area contributed by atoms with Crippen LogP contribution in [-0.2, 0) is 0 Å². The Bertz CT molecular complexity index is 135. The average molecular weight is 189 g/mol. The summed E-state index contributed by atoms with van der Waals surface area (Å²) in [5, 5.41) is 0. The van der Waals surface area contributed by atoms with Gasteiger partial charge in [-0.1, -0.05) is 6.92 Å². The van der Waals surface area contributed by atoms with Gasteiger partial charge in [-0.05, 0) is 37.1 Å². The van der Waals surface area contributed by atoms with Crippen molar-refractivity contribution in [2.75, 3.05) is 0 Å². The van der Waals surface area contributed by atoms with Crippen LogP contribution in [0, 0.1) is 5.92 Å². The van der Waals surface area contributed by atoms with Crippen LogP contribution in [0.5, 0.6) is 0 Å². The Morgan fingerprint density at radius 1 is 1.25 bits per heavy atom. The lowest BCUT2D eigenvalue weighted by atomic mass is 9.85. The molecule has 0 saturated heterocycles. The van der Waals surface area contributed by atoms with Crippen molar-refractivity contribution in [1.82, 2.24) is 0 Å². The molecule has 1 fully saturated rings. The minimum atomic E-state index is -2.40. The van der Waals surface area contributed by atoms with E-state index in [9.17, 15) is 0 Å². The van der Waals surface area contributed by atoms with Gasteiger partial charge in [-0.2, -0.15) is 0 Å². The molecule has 1 aliphatic rings. The summed E-state index contributed by atoms with van der Waals surface area (Å²) in [6, 6.07) is 0.353. The van der Waals surface area contributed by atoms with Crippen LogP contribution in [0.1, 0.15) is 32.6 Å². The fourth-order valence-electron chi connectivity index (χ4n) is 1.91. The Labute approximate surface area is 75.4 Å². The molecule has 0 aromatic rings. The highest BCUT2D eigenvalue weighted by molar-refractivity contribution is 6.43. The van der Waals surface area contributed by atoms with Gasteiger partial charge >= 0.3 is 9.28 Å². The molecule has 0 spiro atoms. The third-order valence-corrected chi connectivity index (χ3v) is 4.52. The summed E-state index contributed by atoms with van der Waals surface area (Å²) >= 11 is 0. The largest absolute Gasteiger partial charge is 0.413 e. The first-order valence-corrected chi connectivity index (χ1v) is 6.43. The van der Waals surface area contributed by atoms with E-state index in [1.807, 2.05) is 6.92 Å². The van der Waals surface area contributed by atoms with Gasteiger partial charge in [0.15, 0.2) is 0 Å². The summed E-state index contributed by atoms with van der Waals surface area (Å²) in [5.41, 5.74) is 5.90. The Balaban J connectivity index is 2.34. The SMILES string of the molecule is CC(C1CCC(N)CC1)[SiH](O)O. The highest BCUT2D eigenvalue weighted by Crippen LogP contribution is 2.33. The highest BCUT2D eigenvalue weighted by atomic mass is 28.3. The van der Waals surface area contributed by atoms with Crippen molar-refractivity contribution in [2.24, 2.45) is 11.7 Å². The van der Waals surface area contributed by atoms with Crippen LogP contribution in [0.15, 0.2) is 0 Å². The zero-order chi connectivity index (χ0) is 9.14. The van der Waals surface area contributed by atoms with Gasteiger partial charge in [-0.15, -0.1) is 0 Å². The molecule has 4 N–H and O–H groups in total. The van der Waals surface area contributed by atoms with Crippen molar-refractivity contribution < 1.29 is 9.59 Å². The first-order valence-electron chi connectivity index (χ1n) is 4.73. The van der Waals surface area contributed by atoms with Gasteiger partial charge in [0.2, 0.25) is 0 Å². The van der Waals surface area contributed by atoms with E-state index in [0.717, 1.165) is 25.7 Å². The van der Waals surface area contributed by atoms with E-state index < -0.39 is 9.28 Å². The lowest BCUT2D eigenvalue weighted by Crippen LogP contribution is -2.32. The monoisotopic (exact) mass is 189 g/mol. The van der Waals surface area contributed by atoms with Crippen LogP contribution in [0.25, 0.3) is 0 Å². The van der Waals surface area contributed by atoms with E-state index in [1.54, 1.807) is 0 Å². The van der Waals surface area contributed by atoms with E-state index >= 15 is 0 Å². The predicted molar refractivity (Wildman–Crippen MR) is 50.9 cm³/mol. The topological polar surface area (TPSA) is 66.5 Å². The first-order chi connectivity index (χ1) is 5.61. The zero-order valence-electron chi connectivity index (χ0n) is 7.61. The van der Waals surface area contributed by atoms with E-state index in [-0.39, 0.29) is 5.54 Å². The second kappa shape index (κ2) is 4.37. The van der Waals surface area contributed by atoms with Crippen molar-refractivity contribution in [1.29, 1.82) is 0 Å². The molecule has 0 heterocycles. The quantitative estimate of drug-likeness (QED) is 0.540. The van der Waals surface area contributed by atoms with Gasteiger partial charge in [0.25, 0.3) is 0 Å². The maximum absolute atomic E-state index is 9.10. The summed E-state index contributed by atoms with van der Waals surface area (Å²) in [6.45, 7) is 1.96. The molecule has 72 valence electrons. The van der Waals surface area contributed by atoms with Crippen LogP contribution in [0.3, 0.4) is 0 Å². The molecule has 3 nitrogen and oxygen atoms in total. The molecular formula is C8H19NO2Si. The molecule has 1 atom stereocenters. The summed E-state index contributed by atoms with van der Waals surface area (Å²) in [4.78, 5) is 18.2. The van der Waals surface area contributed by atoms with Gasteiger partial charge in [-0.25, -0.2) is 0 Å². The standard InChI is InChI=1S/C8H19NO2Si/c1-6(12(10)11)7-2-4-8(9)5-3-7/h6-8,10-12H,2-5,9H2,1H3. The van der Waals surface area contributed by atoms with Crippen molar-refractivity contribution in [3.8, 4) is 0 Å². The molecule has 1 saturated carbocycles. The van der Waals surface area contributed by atoms with E-state index in [1.165, 1.54) is 0 Å². The molecule has 1 rings (SSSR count). The summed E-state index contributed by atoms with van der Waals surface area (Å²) in [7, 11) is -2.40. The maximum atomic E-state index is 9.10. The maximum Gasteiger partial charge on any atom is 0.319 e. The molecule has 12 heavy (non-hydrogen) atoms. The number of hydrogen-bond acceptors (Lipinski definition) is 3. The summed E-state index contributed by atoms with van der Waals surface area (Å²) in [6.07, 6.45) is 4.26. The van der Waals surface area contributed by atoms with Gasteiger partial charge < -0.3 is 15.3 Å². The lowest BCUT2D eigenvalue weighted by Gasteiger charge is -2.30. The minimum Gasteiger partial charge on any atom is -0.413 e. The first kappa shape index (κ1) is 10.2. The third-order valence-electron chi connectivity index (χ3n) is 3.03. The van der Waals surface area contributed by atoms with Gasteiger partial charge in [0, 0.05) is 6.04 Å².